The zero-order chi connectivity index (χ0) is 12.1. The summed E-state index contributed by atoms with van der Waals surface area (Å²) in [6, 6.07) is 0.251. The Hall–Kier alpha value is -0.880. The normalized spacial score (nSPS) is 10.8. The average molecular weight is 290 g/mol. The standard InChI is InChI=1S/C10H16BrN3O2/c1-7(2)14(4-5-16-3)9-8(11)10(15)13-6-12-9/h6-7H,4-5H2,1-3H3,(H,12,13,15). The molecule has 6 heteroatoms. The van der Waals surface area contributed by atoms with Crippen LogP contribution in [-0.2, 0) is 4.74 Å². The van der Waals surface area contributed by atoms with Crippen molar-refractivity contribution in [2.24, 2.45) is 0 Å². The lowest BCUT2D eigenvalue weighted by molar-refractivity contribution is 0.203. The van der Waals surface area contributed by atoms with Crippen LogP contribution in [0.4, 0.5) is 5.82 Å². The highest BCUT2D eigenvalue weighted by Crippen LogP contribution is 2.20. The molecule has 0 amide bonds. The van der Waals surface area contributed by atoms with Gasteiger partial charge in [-0.3, -0.25) is 4.79 Å². The highest BCUT2D eigenvalue weighted by molar-refractivity contribution is 9.10. The van der Waals surface area contributed by atoms with Crippen LogP contribution in [0.15, 0.2) is 15.6 Å². The predicted molar refractivity (Wildman–Crippen MR) is 66.9 cm³/mol. The largest absolute Gasteiger partial charge is 0.383 e. The van der Waals surface area contributed by atoms with Gasteiger partial charge in [0, 0.05) is 19.7 Å². The Bertz CT molecular complexity index is 392. The summed E-state index contributed by atoms with van der Waals surface area (Å²) < 4.78 is 5.50. The van der Waals surface area contributed by atoms with Gasteiger partial charge in [-0.1, -0.05) is 0 Å². The number of nitrogens with zero attached hydrogens (tertiary/aromatic N) is 2. The number of halogens is 1. The molecular weight excluding hydrogens is 274 g/mol. The summed E-state index contributed by atoms with van der Waals surface area (Å²) >= 11 is 3.25. The fraction of sp³-hybridized carbons (Fsp3) is 0.600. The lowest BCUT2D eigenvalue weighted by Gasteiger charge is -2.27. The molecule has 0 atom stereocenters. The molecule has 0 unspecified atom stereocenters. The number of rotatable bonds is 5. The topological polar surface area (TPSA) is 58.2 Å². The molecule has 0 aliphatic rings. The molecule has 0 aliphatic carbocycles. The minimum Gasteiger partial charge on any atom is -0.383 e. The Morgan fingerprint density at radius 3 is 2.88 bits per heavy atom. The second-order valence-corrected chi connectivity index (χ2v) is 4.44. The highest BCUT2D eigenvalue weighted by Gasteiger charge is 2.16. The van der Waals surface area contributed by atoms with Gasteiger partial charge in [-0.05, 0) is 29.8 Å². The van der Waals surface area contributed by atoms with Crippen molar-refractivity contribution in [1.82, 2.24) is 9.97 Å². The molecule has 1 aromatic heterocycles. The molecule has 0 saturated carbocycles. The first-order valence-corrected chi connectivity index (χ1v) is 5.86. The Kier molecular flexibility index (Phi) is 4.95. The molecular formula is C10H16BrN3O2. The van der Waals surface area contributed by atoms with Crippen LogP contribution in [0.1, 0.15) is 13.8 Å². The number of methoxy groups -OCH3 is 1. The molecule has 1 aromatic rings. The van der Waals surface area contributed by atoms with E-state index in [1.807, 2.05) is 18.7 Å². The molecule has 0 spiro atoms. The summed E-state index contributed by atoms with van der Waals surface area (Å²) in [5.41, 5.74) is -0.173. The second kappa shape index (κ2) is 6.00. The third-order valence-corrected chi connectivity index (χ3v) is 2.92. The van der Waals surface area contributed by atoms with Crippen molar-refractivity contribution in [3.63, 3.8) is 0 Å². The molecule has 5 nitrogen and oxygen atoms in total. The molecule has 0 aromatic carbocycles. The van der Waals surface area contributed by atoms with Gasteiger partial charge in [-0.15, -0.1) is 0 Å². The summed E-state index contributed by atoms with van der Waals surface area (Å²) in [4.78, 5) is 20.2. The van der Waals surface area contributed by atoms with Crippen LogP contribution in [0.5, 0.6) is 0 Å². The molecule has 90 valence electrons. The van der Waals surface area contributed by atoms with Gasteiger partial charge < -0.3 is 14.6 Å². The molecule has 1 heterocycles. The minimum absolute atomic E-state index is 0.173. The highest BCUT2D eigenvalue weighted by atomic mass is 79.9. The van der Waals surface area contributed by atoms with E-state index in [9.17, 15) is 4.79 Å². The van der Waals surface area contributed by atoms with Crippen LogP contribution in [0.2, 0.25) is 0 Å². The SMILES string of the molecule is COCCN(c1nc[nH]c(=O)c1Br)C(C)C. The quantitative estimate of drug-likeness (QED) is 0.890. The Morgan fingerprint density at radius 2 is 2.31 bits per heavy atom. The number of ether oxygens (including phenoxy) is 1. The second-order valence-electron chi connectivity index (χ2n) is 3.65. The fourth-order valence-electron chi connectivity index (χ4n) is 1.37. The van der Waals surface area contributed by atoms with E-state index in [0.717, 1.165) is 0 Å². The molecule has 0 saturated heterocycles. The molecule has 0 radical (unpaired) electrons. The number of nitrogens with one attached hydrogen (secondary N) is 1. The smallest absolute Gasteiger partial charge is 0.267 e. The van der Waals surface area contributed by atoms with E-state index in [4.69, 9.17) is 4.74 Å². The third kappa shape index (κ3) is 3.05. The average Bonchev–Trinajstić information content (AvgIpc) is 2.24. The number of anilines is 1. The van der Waals surface area contributed by atoms with Gasteiger partial charge in [0.1, 0.15) is 4.47 Å². The molecule has 16 heavy (non-hydrogen) atoms. The van der Waals surface area contributed by atoms with Gasteiger partial charge >= 0.3 is 0 Å². The number of H-pyrrole nitrogens is 1. The van der Waals surface area contributed by atoms with Crippen molar-refractivity contribution in [2.45, 2.75) is 19.9 Å². The molecule has 0 bridgehead atoms. The van der Waals surface area contributed by atoms with Crippen molar-refractivity contribution in [3.05, 3.63) is 21.2 Å². The first kappa shape index (κ1) is 13.2. The third-order valence-electron chi connectivity index (χ3n) is 2.21. The van der Waals surface area contributed by atoms with Gasteiger partial charge in [0.2, 0.25) is 0 Å². The van der Waals surface area contributed by atoms with Crippen LogP contribution >= 0.6 is 15.9 Å². The van der Waals surface area contributed by atoms with Crippen LogP contribution < -0.4 is 10.5 Å². The van der Waals surface area contributed by atoms with Crippen LogP contribution in [-0.4, -0.2) is 36.3 Å². The van der Waals surface area contributed by atoms with E-state index in [1.54, 1.807) is 7.11 Å². The van der Waals surface area contributed by atoms with E-state index in [0.29, 0.717) is 23.4 Å². The van der Waals surface area contributed by atoms with Crippen LogP contribution in [0.3, 0.4) is 0 Å². The fourth-order valence-corrected chi connectivity index (χ4v) is 1.82. The van der Waals surface area contributed by atoms with E-state index in [1.165, 1.54) is 6.33 Å². The summed E-state index contributed by atoms with van der Waals surface area (Å²) in [7, 11) is 1.65. The summed E-state index contributed by atoms with van der Waals surface area (Å²) in [5, 5.41) is 0. The number of hydrogen-bond donors (Lipinski definition) is 1. The Morgan fingerprint density at radius 1 is 1.62 bits per heavy atom. The zero-order valence-electron chi connectivity index (χ0n) is 9.66. The molecule has 0 aliphatic heterocycles. The van der Waals surface area contributed by atoms with Crippen LogP contribution in [0.25, 0.3) is 0 Å². The van der Waals surface area contributed by atoms with Crippen LogP contribution in [0, 0.1) is 0 Å². The maximum Gasteiger partial charge on any atom is 0.267 e. The van der Waals surface area contributed by atoms with Crippen molar-refractivity contribution in [2.75, 3.05) is 25.2 Å². The van der Waals surface area contributed by atoms with Gasteiger partial charge in [0.15, 0.2) is 5.82 Å². The van der Waals surface area contributed by atoms with Crippen molar-refractivity contribution in [1.29, 1.82) is 0 Å². The Labute approximate surface area is 103 Å². The van der Waals surface area contributed by atoms with Gasteiger partial charge in [0.05, 0.1) is 12.9 Å². The first-order valence-electron chi connectivity index (χ1n) is 5.06. The molecule has 1 N–H and O–H groups in total. The van der Waals surface area contributed by atoms with Crippen molar-refractivity contribution < 1.29 is 4.74 Å². The lowest BCUT2D eigenvalue weighted by Crippen LogP contribution is -2.35. The summed E-state index contributed by atoms with van der Waals surface area (Å²) in [6.45, 7) is 5.39. The van der Waals surface area contributed by atoms with Gasteiger partial charge in [0.25, 0.3) is 5.56 Å². The number of aromatic amines is 1. The van der Waals surface area contributed by atoms with E-state index in [-0.39, 0.29) is 11.6 Å². The molecule has 0 fully saturated rings. The maximum absolute atomic E-state index is 11.4. The van der Waals surface area contributed by atoms with E-state index >= 15 is 0 Å². The number of aromatic nitrogens is 2. The number of hydrogen-bond acceptors (Lipinski definition) is 4. The maximum atomic E-state index is 11.4. The van der Waals surface area contributed by atoms with Crippen molar-refractivity contribution >= 4 is 21.7 Å². The van der Waals surface area contributed by atoms with E-state index in [2.05, 4.69) is 25.9 Å². The first-order chi connectivity index (χ1) is 7.57. The lowest BCUT2D eigenvalue weighted by atomic mass is 10.3. The van der Waals surface area contributed by atoms with Gasteiger partial charge in [-0.25, -0.2) is 4.98 Å². The zero-order valence-corrected chi connectivity index (χ0v) is 11.2. The monoisotopic (exact) mass is 289 g/mol. The molecule has 1 rings (SSSR count). The van der Waals surface area contributed by atoms with E-state index < -0.39 is 0 Å². The predicted octanol–water partition coefficient (Wildman–Crippen LogP) is 1.39. The summed E-state index contributed by atoms with van der Waals surface area (Å²) in [5.74, 6) is 0.649. The Balaban J connectivity index is 3.01. The minimum atomic E-state index is -0.173. The van der Waals surface area contributed by atoms with Crippen molar-refractivity contribution in [3.8, 4) is 0 Å². The summed E-state index contributed by atoms with van der Waals surface area (Å²) in [6.07, 6.45) is 1.41. The van der Waals surface area contributed by atoms with Gasteiger partial charge in [-0.2, -0.15) is 0 Å².